The molecule has 2 aromatic heterocycles. The van der Waals surface area contributed by atoms with E-state index in [1.165, 1.54) is 6.92 Å². The third-order valence-electron chi connectivity index (χ3n) is 2.94. The van der Waals surface area contributed by atoms with E-state index in [0.717, 1.165) is 22.6 Å². The number of rotatable bonds is 4. The van der Waals surface area contributed by atoms with Gasteiger partial charge in [-0.15, -0.1) is 11.3 Å². The molecule has 0 atom stereocenters. The molecule has 2 heterocycles. The number of hydrogen-bond donors (Lipinski definition) is 3. The van der Waals surface area contributed by atoms with Crippen LogP contribution in [0.15, 0.2) is 16.2 Å². The first-order valence-electron chi connectivity index (χ1n) is 6.57. The molecule has 0 aliphatic rings. The van der Waals surface area contributed by atoms with Crippen LogP contribution >= 0.6 is 11.3 Å². The number of carbonyl (C=O) groups excluding carboxylic acids is 2. The van der Waals surface area contributed by atoms with Gasteiger partial charge in [0.25, 0.3) is 11.5 Å². The van der Waals surface area contributed by atoms with Crippen molar-refractivity contribution in [3.8, 4) is 0 Å². The van der Waals surface area contributed by atoms with Crippen LogP contribution in [0.25, 0.3) is 0 Å². The van der Waals surface area contributed by atoms with Gasteiger partial charge in [-0.3, -0.25) is 14.4 Å². The predicted octanol–water partition coefficient (Wildman–Crippen LogP) is 1.34. The van der Waals surface area contributed by atoms with Crippen LogP contribution in [-0.4, -0.2) is 21.8 Å². The largest absolute Gasteiger partial charge is 0.346 e. The summed E-state index contributed by atoms with van der Waals surface area (Å²) < 4.78 is 0. The zero-order chi connectivity index (χ0) is 16.3. The number of thiazole rings is 1. The van der Waals surface area contributed by atoms with Gasteiger partial charge in [0, 0.05) is 30.1 Å². The molecule has 116 valence electrons. The highest BCUT2D eigenvalue weighted by molar-refractivity contribution is 7.14. The summed E-state index contributed by atoms with van der Waals surface area (Å²) >= 11 is 1.16. The van der Waals surface area contributed by atoms with E-state index in [2.05, 4.69) is 20.6 Å². The Bertz CT molecular complexity index is 779. The minimum absolute atomic E-state index is 0.118. The van der Waals surface area contributed by atoms with Gasteiger partial charge in [-0.25, -0.2) is 4.98 Å². The Labute approximate surface area is 130 Å². The van der Waals surface area contributed by atoms with E-state index in [0.29, 0.717) is 10.7 Å². The summed E-state index contributed by atoms with van der Waals surface area (Å²) in [5, 5.41) is 7.08. The predicted molar refractivity (Wildman–Crippen MR) is 84.1 cm³/mol. The lowest BCUT2D eigenvalue weighted by atomic mass is 10.1. The molecule has 7 nitrogen and oxygen atoms in total. The first-order chi connectivity index (χ1) is 10.4. The molecule has 2 rings (SSSR count). The number of aromatic nitrogens is 2. The van der Waals surface area contributed by atoms with E-state index >= 15 is 0 Å². The monoisotopic (exact) mass is 320 g/mol. The first-order valence-corrected chi connectivity index (χ1v) is 7.45. The van der Waals surface area contributed by atoms with E-state index < -0.39 is 5.91 Å². The molecule has 0 unspecified atom stereocenters. The van der Waals surface area contributed by atoms with E-state index in [1.807, 2.05) is 13.0 Å². The minimum atomic E-state index is -0.396. The highest BCUT2D eigenvalue weighted by atomic mass is 32.1. The molecular weight excluding hydrogens is 304 g/mol. The number of carbonyl (C=O) groups is 2. The number of aromatic amines is 1. The zero-order valence-electron chi connectivity index (χ0n) is 12.4. The molecule has 0 bridgehead atoms. The average molecular weight is 320 g/mol. The highest BCUT2D eigenvalue weighted by Gasteiger charge is 2.13. The standard InChI is InChI=1S/C14H16N4O3S/c1-7-4-8(2)16-12(20)10(7)5-15-13(21)11-6-22-14(18-11)17-9(3)19/h4,6H,5H2,1-3H3,(H,15,21)(H,16,20)(H,17,18,19). The van der Waals surface area contributed by atoms with Gasteiger partial charge >= 0.3 is 0 Å². The Balaban J connectivity index is 2.06. The smallest absolute Gasteiger partial charge is 0.271 e. The lowest BCUT2D eigenvalue weighted by Gasteiger charge is -2.07. The fraction of sp³-hybridized carbons (Fsp3) is 0.286. The third kappa shape index (κ3) is 3.79. The molecule has 22 heavy (non-hydrogen) atoms. The second-order valence-corrected chi connectivity index (χ2v) is 5.70. The van der Waals surface area contributed by atoms with Crippen molar-refractivity contribution in [3.05, 3.63) is 44.3 Å². The third-order valence-corrected chi connectivity index (χ3v) is 3.70. The van der Waals surface area contributed by atoms with Gasteiger partial charge in [0.2, 0.25) is 5.91 Å². The van der Waals surface area contributed by atoms with Crippen molar-refractivity contribution in [2.45, 2.75) is 27.3 Å². The Kier molecular flexibility index (Phi) is 4.71. The Hall–Kier alpha value is -2.48. The zero-order valence-corrected chi connectivity index (χ0v) is 13.3. The normalized spacial score (nSPS) is 10.3. The number of amides is 2. The Morgan fingerprint density at radius 1 is 1.36 bits per heavy atom. The maximum atomic E-state index is 12.0. The molecule has 3 N–H and O–H groups in total. The van der Waals surface area contributed by atoms with Crippen molar-refractivity contribution in [1.82, 2.24) is 15.3 Å². The number of H-pyrrole nitrogens is 1. The molecule has 0 aliphatic heterocycles. The second-order valence-electron chi connectivity index (χ2n) is 4.84. The van der Waals surface area contributed by atoms with Crippen LogP contribution < -0.4 is 16.2 Å². The average Bonchev–Trinajstić information content (AvgIpc) is 2.84. The lowest BCUT2D eigenvalue weighted by molar-refractivity contribution is -0.114. The van der Waals surface area contributed by atoms with Crippen molar-refractivity contribution in [3.63, 3.8) is 0 Å². The number of pyridine rings is 1. The molecule has 0 aliphatic carbocycles. The first kappa shape index (κ1) is 15.9. The SMILES string of the molecule is CC(=O)Nc1nc(C(=O)NCc2c(C)cc(C)[nH]c2=O)cs1. The van der Waals surface area contributed by atoms with Crippen molar-refractivity contribution in [2.24, 2.45) is 0 Å². The summed E-state index contributed by atoms with van der Waals surface area (Å²) in [6.07, 6.45) is 0. The molecule has 2 aromatic rings. The molecular formula is C14H16N4O3S. The quantitative estimate of drug-likeness (QED) is 0.790. The van der Waals surface area contributed by atoms with Gasteiger partial charge in [-0.2, -0.15) is 0 Å². The van der Waals surface area contributed by atoms with Crippen molar-refractivity contribution < 1.29 is 9.59 Å². The van der Waals surface area contributed by atoms with Crippen LogP contribution in [-0.2, 0) is 11.3 Å². The summed E-state index contributed by atoms with van der Waals surface area (Å²) in [5.74, 6) is -0.643. The fourth-order valence-electron chi connectivity index (χ4n) is 1.95. The minimum Gasteiger partial charge on any atom is -0.346 e. The number of nitrogens with one attached hydrogen (secondary N) is 3. The van der Waals surface area contributed by atoms with E-state index in [1.54, 1.807) is 12.3 Å². The second kappa shape index (κ2) is 6.52. The summed E-state index contributed by atoms with van der Waals surface area (Å²) in [6, 6.07) is 1.85. The lowest BCUT2D eigenvalue weighted by Crippen LogP contribution is -2.28. The van der Waals surface area contributed by atoms with Gasteiger partial charge in [0.1, 0.15) is 5.69 Å². The van der Waals surface area contributed by atoms with Crippen molar-refractivity contribution in [2.75, 3.05) is 5.32 Å². The maximum absolute atomic E-state index is 12.0. The Morgan fingerprint density at radius 3 is 2.73 bits per heavy atom. The number of aryl methyl sites for hydroxylation is 2. The van der Waals surface area contributed by atoms with Crippen LogP contribution in [0, 0.1) is 13.8 Å². The van der Waals surface area contributed by atoms with Gasteiger partial charge in [0.05, 0.1) is 0 Å². The van der Waals surface area contributed by atoms with Crippen molar-refractivity contribution >= 4 is 28.3 Å². The molecule has 8 heteroatoms. The van der Waals surface area contributed by atoms with Crippen LogP contribution in [0.3, 0.4) is 0 Å². The van der Waals surface area contributed by atoms with E-state index in [4.69, 9.17) is 0 Å². The van der Waals surface area contributed by atoms with Crippen LogP contribution in [0.1, 0.15) is 34.2 Å². The molecule has 0 fully saturated rings. The highest BCUT2D eigenvalue weighted by Crippen LogP contribution is 2.15. The molecule has 0 saturated heterocycles. The van der Waals surface area contributed by atoms with Gasteiger partial charge in [0.15, 0.2) is 5.13 Å². The summed E-state index contributed by atoms with van der Waals surface area (Å²) in [4.78, 5) is 41.5. The topological polar surface area (TPSA) is 104 Å². The number of hydrogen-bond acceptors (Lipinski definition) is 5. The Morgan fingerprint density at radius 2 is 2.09 bits per heavy atom. The molecule has 0 spiro atoms. The van der Waals surface area contributed by atoms with Gasteiger partial charge in [-0.1, -0.05) is 0 Å². The fourth-order valence-corrected chi connectivity index (χ4v) is 2.68. The van der Waals surface area contributed by atoms with Crippen LogP contribution in [0.5, 0.6) is 0 Å². The summed E-state index contributed by atoms with van der Waals surface area (Å²) in [7, 11) is 0. The van der Waals surface area contributed by atoms with Crippen LogP contribution in [0.4, 0.5) is 5.13 Å². The van der Waals surface area contributed by atoms with Crippen LogP contribution in [0.2, 0.25) is 0 Å². The van der Waals surface area contributed by atoms with Gasteiger partial charge < -0.3 is 15.6 Å². The molecule has 0 radical (unpaired) electrons. The van der Waals surface area contributed by atoms with E-state index in [-0.39, 0.29) is 23.7 Å². The van der Waals surface area contributed by atoms with Crippen molar-refractivity contribution in [1.29, 1.82) is 0 Å². The molecule has 2 amide bonds. The number of anilines is 1. The molecule has 0 saturated carbocycles. The summed E-state index contributed by atoms with van der Waals surface area (Å²) in [6.45, 7) is 5.11. The van der Waals surface area contributed by atoms with E-state index in [9.17, 15) is 14.4 Å². The maximum Gasteiger partial charge on any atom is 0.271 e. The molecule has 0 aromatic carbocycles. The summed E-state index contributed by atoms with van der Waals surface area (Å²) in [5.41, 5.74) is 2.09. The van der Waals surface area contributed by atoms with Gasteiger partial charge in [-0.05, 0) is 25.5 Å². The number of nitrogens with zero attached hydrogens (tertiary/aromatic N) is 1.